The van der Waals surface area contributed by atoms with Gasteiger partial charge in [0, 0.05) is 18.3 Å². The highest BCUT2D eigenvalue weighted by molar-refractivity contribution is 7.09. The summed E-state index contributed by atoms with van der Waals surface area (Å²) in [6.07, 6.45) is 4.37. The summed E-state index contributed by atoms with van der Waals surface area (Å²) in [7, 11) is 0. The number of carbonyl (C=O) groups excluding carboxylic acids is 1. The van der Waals surface area contributed by atoms with E-state index in [1.165, 1.54) is 37.1 Å². The first-order chi connectivity index (χ1) is 11.1. The summed E-state index contributed by atoms with van der Waals surface area (Å²) in [6, 6.07) is 0. The molecule has 3 N–H and O–H groups in total. The molecule has 1 aromatic heterocycles. The van der Waals surface area contributed by atoms with Crippen molar-refractivity contribution in [3.8, 4) is 0 Å². The fourth-order valence-electron chi connectivity index (χ4n) is 2.84. The Kier molecular flexibility index (Phi) is 7.46. The van der Waals surface area contributed by atoms with Gasteiger partial charge in [0.15, 0.2) is 0 Å². The molecule has 1 aromatic rings. The molecular formula is C17H30N4OS. The van der Waals surface area contributed by atoms with Crippen molar-refractivity contribution in [2.75, 3.05) is 32.7 Å². The second kappa shape index (κ2) is 9.35. The molecule has 130 valence electrons. The van der Waals surface area contributed by atoms with Gasteiger partial charge in [-0.3, -0.25) is 4.79 Å². The van der Waals surface area contributed by atoms with Crippen molar-refractivity contribution in [3.05, 3.63) is 16.1 Å². The summed E-state index contributed by atoms with van der Waals surface area (Å²) in [5.41, 5.74) is 6.05. The molecule has 0 saturated carbocycles. The second-order valence-corrected chi connectivity index (χ2v) is 7.79. The first-order valence-corrected chi connectivity index (χ1v) is 9.61. The lowest BCUT2D eigenvalue weighted by Crippen LogP contribution is -2.39. The Hall–Kier alpha value is -0.980. The maximum atomic E-state index is 12.1. The van der Waals surface area contributed by atoms with Crippen LogP contribution in [0.3, 0.4) is 0 Å². The molecule has 0 unspecified atom stereocenters. The maximum absolute atomic E-state index is 12.1. The van der Waals surface area contributed by atoms with Crippen LogP contribution in [0, 0.1) is 11.8 Å². The van der Waals surface area contributed by atoms with Crippen molar-refractivity contribution < 1.29 is 4.79 Å². The highest BCUT2D eigenvalue weighted by Crippen LogP contribution is 2.18. The highest BCUT2D eigenvalue weighted by atomic mass is 32.1. The molecule has 23 heavy (non-hydrogen) atoms. The lowest BCUT2D eigenvalue weighted by Gasteiger charge is -2.32. The number of nitrogens with one attached hydrogen (secondary N) is 1. The SMILES string of the molecule is CC(C)CCN1CCC(CNC(=O)c2csc(CCN)n2)CC1. The fraction of sp³-hybridized carbons (Fsp3) is 0.765. The third-order valence-corrected chi connectivity index (χ3v) is 5.33. The van der Waals surface area contributed by atoms with E-state index in [2.05, 4.69) is 29.0 Å². The molecule has 2 heterocycles. The molecule has 2 rings (SSSR count). The van der Waals surface area contributed by atoms with Crippen molar-refractivity contribution in [1.29, 1.82) is 0 Å². The molecular weight excluding hydrogens is 308 g/mol. The van der Waals surface area contributed by atoms with Crippen molar-refractivity contribution in [2.24, 2.45) is 17.6 Å². The Balaban J connectivity index is 1.67. The quantitative estimate of drug-likeness (QED) is 0.762. The molecule has 6 heteroatoms. The lowest BCUT2D eigenvalue weighted by molar-refractivity contribution is 0.0931. The van der Waals surface area contributed by atoms with Gasteiger partial charge in [-0.15, -0.1) is 11.3 Å². The predicted octanol–water partition coefficient (Wildman–Crippen LogP) is 2.13. The Labute approximate surface area is 143 Å². The van der Waals surface area contributed by atoms with Crippen LogP contribution < -0.4 is 11.1 Å². The van der Waals surface area contributed by atoms with Gasteiger partial charge in [0.05, 0.1) is 5.01 Å². The van der Waals surface area contributed by atoms with Gasteiger partial charge in [0.1, 0.15) is 5.69 Å². The van der Waals surface area contributed by atoms with Gasteiger partial charge in [0.2, 0.25) is 0 Å². The molecule has 0 atom stereocenters. The molecule has 1 amide bonds. The standard InChI is InChI=1S/C17H30N4OS/c1-13(2)4-8-21-9-5-14(6-10-21)11-19-17(22)15-12-23-16(20-15)3-7-18/h12-14H,3-11,18H2,1-2H3,(H,19,22). The van der Waals surface area contributed by atoms with Gasteiger partial charge in [0.25, 0.3) is 5.91 Å². The molecule has 1 saturated heterocycles. The van der Waals surface area contributed by atoms with E-state index in [4.69, 9.17) is 5.73 Å². The third kappa shape index (κ3) is 6.20. The van der Waals surface area contributed by atoms with Crippen LogP contribution in [0.5, 0.6) is 0 Å². The number of nitrogens with zero attached hydrogens (tertiary/aromatic N) is 2. The third-order valence-electron chi connectivity index (χ3n) is 4.42. The summed E-state index contributed by atoms with van der Waals surface area (Å²) in [5, 5.41) is 5.81. The smallest absolute Gasteiger partial charge is 0.270 e. The van der Waals surface area contributed by atoms with Crippen LogP contribution in [0.1, 0.15) is 48.6 Å². The van der Waals surface area contributed by atoms with E-state index in [0.29, 0.717) is 18.2 Å². The van der Waals surface area contributed by atoms with Gasteiger partial charge >= 0.3 is 0 Å². The summed E-state index contributed by atoms with van der Waals surface area (Å²) < 4.78 is 0. The first-order valence-electron chi connectivity index (χ1n) is 8.73. The number of likely N-dealkylation sites (tertiary alicyclic amines) is 1. The van der Waals surface area contributed by atoms with Crippen LogP contribution in [-0.4, -0.2) is 48.5 Å². The minimum atomic E-state index is -0.0493. The zero-order chi connectivity index (χ0) is 16.7. The maximum Gasteiger partial charge on any atom is 0.270 e. The number of amides is 1. The van der Waals surface area contributed by atoms with E-state index in [0.717, 1.165) is 37.0 Å². The molecule has 0 spiro atoms. The minimum absolute atomic E-state index is 0.0493. The Morgan fingerprint density at radius 1 is 1.48 bits per heavy atom. The zero-order valence-corrected chi connectivity index (χ0v) is 15.2. The van der Waals surface area contributed by atoms with Crippen LogP contribution in [0.4, 0.5) is 0 Å². The first kappa shape index (κ1) is 18.4. The van der Waals surface area contributed by atoms with Crippen molar-refractivity contribution in [1.82, 2.24) is 15.2 Å². The largest absolute Gasteiger partial charge is 0.350 e. The second-order valence-electron chi connectivity index (χ2n) is 6.84. The summed E-state index contributed by atoms with van der Waals surface area (Å²) in [4.78, 5) is 19.0. The van der Waals surface area contributed by atoms with Crippen molar-refractivity contribution >= 4 is 17.2 Å². The molecule has 5 nitrogen and oxygen atoms in total. The monoisotopic (exact) mass is 338 g/mol. The number of rotatable bonds is 8. The number of thiazole rings is 1. The fourth-order valence-corrected chi connectivity index (χ4v) is 3.63. The van der Waals surface area contributed by atoms with Gasteiger partial charge < -0.3 is 16.0 Å². The Bertz CT molecular complexity index is 481. The number of piperidine rings is 1. The molecule has 0 aliphatic carbocycles. The summed E-state index contributed by atoms with van der Waals surface area (Å²) in [6.45, 7) is 9.42. The topological polar surface area (TPSA) is 71.2 Å². The summed E-state index contributed by atoms with van der Waals surface area (Å²) in [5.74, 6) is 1.32. The van der Waals surface area contributed by atoms with Crippen LogP contribution in [0.15, 0.2) is 5.38 Å². The van der Waals surface area contributed by atoms with Crippen molar-refractivity contribution in [3.63, 3.8) is 0 Å². The highest BCUT2D eigenvalue weighted by Gasteiger charge is 2.20. The van der Waals surface area contributed by atoms with E-state index in [-0.39, 0.29) is 5.91 Å². The van der Waals surface area contributed by atoms with E-state index in [1.807, 2.05) is 5.38 Å². The van der Waals surface area contributed by atoms with Gasteiger partial charge in [-0.2, -0.15) is 0 Å². The number of hydrogen-bond acceptors (Lipinski definition) is 5. The molecule has 0 aromatic carbocycles. The van der Waals surface area contributed by atoms with Gasteiger partial charge in [-0.05, 0) is 57.3 Å². The van der Waals surface area contributed by atoms with Crippen LogP contribution in [-0.2, 0) is 6.42 Å². The molecule has 1 fully saturated rings. The number of hydrogen-bond donors (Lipinski definition) is 2. The number of carbonyl (C=O) groups is 1. The normalized spacial score (nSPS) is 16.9. The van der Waals surface area contributed by atoms with Gasteiger partial charge in [-0.25, -0.2) is 4.98 Å². The van der Waals surface area contributed by atoms with Crippen molar-refractivity contribution in [2.45, 2.75) is 39.5 Å². The predicted molar refractivity (Wildman–Crippen MR) is 95.8 cm³/mol. The molecule has 0 bridgehead atoms. The Morgan fingerprint density at radius 3 is 2.87 bits per heavy atom. The van der Waals surface area contributed by atoms with Crippen LogP contribution in [0.25, 0.3) is 0 Å². The Morgan fingerprint density at radius 2 is 2.22 bits per heavy atom. The minimum Gasteiger partial charge on any atom is -0.350 e. The summed E-state index contributed by atoms with van der Waals surface area (Å²) >= 11 is 1.51. The van der Waals surface area contributed by atoms with E-state index in [1.54, 1.807) is 0 Å². The van der Waals surface area contributed by atoms with Gasteiger partial charge in [-0.1, -0.05) is 13.8 Å². The van der Waals surface area contributed by atoms with Crippen LogP contribution >= 0.6 is 11.3 Å². The lowest BCUT2D eigenvalue weighted by atomic mass is 9.96. The number of aromatic nitrogens is 1. The van der Waals surface area contributed by atoms with E-state index in [9.17, 15) is 4.79 Å². The van der Waals surface area contributed by atoms with Crippen LogP contribution in [0.2, 0.25) is 0 Å². The molecule has 1 aliphatic heterocycles. The molecule has 1 aliphatic rings. The zero-order valence-electron chi connectivity index (χ0n) is 14.4. The average molecular weight is 339 g/mol. The van der Waals surface area contributed by atoms with E-state index < -0.39 is 0 Å². The molecule has 0 radical (unpaired) electrons. The van der Waals surface area contributed by atoms with E-state index >= 15 is 0 Å². The number of nitrogens with two attached hydrogens (primary N) is 1. The average Bonchev–Trinajstić information content (AvgIpc) is 3.00.